The molecule has 0 unspecified atom stereocenters. The van der Waals surface area contributed by atoms with Crippen molar-refractivity contribution in [1.82, 2.24) is 15.1 Å². The van der Waals surface area contributed by atoms with Gasteiger partial charge in [0.1, 0.15) is 0 Å². The third-order valence-electron chi connectivity index (χ3n) is 6.34. The van der Waals surface area contributed by atoms with Crippen molar-refractivity contribution in [1.29, 1.82) is 0 Å². The summed E-state index contributed by atoms with van der Waals surface area (Å²) in [6.07, 6.45) is 7.50. The summed E-state index contributed by atoms with van der Waals surface area (Å²) in [5, 5.41) is 8.34. The molecular weight excluding hydrogens is 246 g/mol. The van der Waals surface area contributed by atoms with E-state index < -0.39 is 0 Å². The Morgan fingerprint density at radius 3 is 2.45 bits per heavy atom. The van der Waals surface area contributed by atoms with Crippen LogP contribution in [-0.4, -0.2) is 16.3 Å². The van der Waals surface area contributed by atoms with Crippen molar-refractivity contribution in [2.75, 3.05) is 6.54 Å². The minimum atomic E-state index is 0.475. The molecule has 3 rings (SSSR count). The van der Waals surface area contributed by atoms with Crippen LogP contribution in [0.15, 0.2) is 12.3 Å². The molecule has 0 amide bonds. The monoisotopic (exact) mass is 275 g/mol. The van der Waals surface area contributed by atoms with Crippen molar-refractivity contribution in [3.63, 3.8) is 0 Å². The van der Waals surface area contributed by atoms with Gasteiger partial charge in [0, 0.05) is 12.7 Å². The van der Waals surface area contributed by atoms with Crippen molar-refractivity contribution in [2.45, 2.75) is 66.0 Å². The molecule has 1 aromatic heterocycles. The summed E-state index contributed by atoms with van der Waals surface area (Å²) >= 11 is 0. The Balaban J connectivity index is 1.48. The second-order valence-corrected chi connectivity index (χ2v) is 7.85. The fourth-order valence-corrected chi connectivity index (χ4v) is 4.03. The van der Waals surface area contributed by atoms with Gasteiger partial charge in [-0.1, -0.05) is 40.5 Å². The minimum absolute atomic E-state index is 0.475. The van der Waals surface area contributed by atoms with E-state index in [1.54, 1.807) is 0 Å². The van der Waals surface area contributed by atoms with E-state index in [1.807, 2.05) is 0 Å². The van der Waals surface area contributed by atoms with Crippen molar-refractivity contribution in [3.8, 4) is 0 Å². The summed E-state index contributed by atoms with van der Waals surface area (Å²) in [6.45, 7) is 11.5. The topological polar surface area (TPSA) is 29.9 Å². The Bertz CT molecular complexity index is 452. The lowest BCUT2D eigenvalue weighted by atomic mass is 10.0. The number of aromatic nitrogens is 2. The highest BCUT2D eigenvalue weighted by atomic mass is 15.3. The lowest BCUT2D eigenvalue weighted by Crippen LogP contribution is -2.19. The molecule has 20 heavy (non-hydrogen) atoms. The maximum atomic E-state index is 4.74. The summed E-state index contributed by atoms with van der Waals surface area (Å²) in [5.74, 6) is 0.784. The quantitative estimate of drug-likeness (QED) is 0.886. The average Bonchev–Trinajstić information content (AvgIpc) is 2.90. The Hall–Kier alpha value is -0.830. The Morgan fingerprint density at radius 2 is 1.85 bits per heavy atom. The molecule has 0 saturated heterocycles. The Morgan fingerprint density at radius 1 is 1.20 bits per heavy atom. The smallest absolute Gasteiger partial charge is 0.0762 e. The maximum Gasteiger partial charge on any atom is 0.0762 e. The lowest BCUT2D eigenvalue weighted by Gasteiger charge is -2.09. The zero-order chi connectivity index (χ0) is 14.4. The third kappa shape index (κ3) is 2.30. The molecule has 1 N–H and O–H groups in total. The first-order valence-corrected chi connectivity index (χ1v) is 8.17. The number of rotatable bonds is 5. The van der Waals surface area contributed by atoms with Crippen molar-refractivity contribution in [2.24, 2.45) is 16.7 Å². The standard InChI is InChI=1S/C17H29N3/c1-16(2)15(17(16,3)4)12-18-11-13-9-10-20(19-13)14-7-5-6-8-14/h9-10,14-15,18H,5-8,11-12H2,1-4H3. The van der Waals surface area contributed by atoms with Crippen LogP contribution in [0.5, 0.6) is 0 Å². The number of nitrogens with zero attached hydrogens (tertiary/aromatic N) is 2. The normalized spacial score (nSPS) is 25.2. The van der Waals surface area contributed by atoms with Gasteiger partial charge in [-0.3, -0.25) is 4.68 Å². The largest absolute Gasteiger partial charge is 0.311 e. The van der Waals surface area contributed by atoms with Crippen molar-refractivity contribution in [3.05, 3.63) is 18.0 Å². The predicted molar refractivity (Wildman–Crippen MR) is 82.5 cm³/mol. The number of nitrogens with one attached hydrogen (secondary N) is 1. The Kier molecular flexibility index (Phi) is 3.44. The van der Waals surface area contributed by atoms with Gasteiger partial charge in [-0.25, -0.2) is 0 Å². The van der Waals surface area contributed by atoms with Crippen LogP contribution < -0.4 is 5.32 Å². The molecule has 0 spiro atoms. The van der Waals surface area contributed by atoms with Gasteiger partial charge in [0.2, 0.25) is 0 Å². The molecule has 1 aromatic rings. The minimum Gasteiger partial charge on any atom is -0.311 e. The third-order valence-corrected chi connectivity index (χ3v) is 6.34. The SMILES string of the molecule is CC1(C)C(CNCc2ccn(C3CCCC3)n2)C1(C)C. The van der Waals surface area contributed by atoms with Crippen LogP contribution in [-0.2, 0) is 6.54 Å². The van der Waals surface area contributed by atoms with E-state index in [0.29, 0.717) is 16.9 Å². The molecule has 2 aliphatic rings. The molecule has 2 saturated carbocycles. The van der Waals surface area contributed by atoms with E-state index in [2.05, 4.69) is 50.0 Å². The van der Waals surface area contributed by atoms with Crippen LogP contribution >= 0.6 is 0 Å². The summed E-state index contributed by atoms with van der Waals surface area (Å²) in [5.41, 5.74) is 2.14. The molecule has 1 heterocycles. The van der Waals surface area contributed by atoms with Crippen LogP contribution in [0.2, 0.25) is 0 Å². The predicted octanol–water partition coefficient (Wildman–Crippen LogP) is 3.77. The summed E-state index contributed by atoms with van der Waals surface area (Å²) in [7, 11) is 0. The van der Waals surface area contributed by atoms with Gasteiger partial charge < -0.3 is 5.32 Å². The van der Waals surface area contributed by atoms with Gasteiger partial charge in [-0.2, -0.15) is 5.10 Å². The van der Waals surface area contributed by atoms with E-state index in [9.17, 15) is 0 Å². The zero-order valence-corrected chi connectivity index (χ0v) is 13.4. The molecule has 2 fully saturated rings. The highest BCUT2D eigenvalue weighted by molar-refractivity contribution is 5.13. The van der Waals surface area contributed by atoms with Crippen LogP contribution in [0.3, 0.4) is 0 Å². The molecule has 2 aliphatic carbocycles. The van der Waals surface area contributed by atoms with E-state index in [0.717, 1.165) is 19.0 Å². The molecule has 0 aromatic carbocycles. The number of hydrogen-bond donors (Lipinski definition) is 1. The van der Waals surface area contributed by atoms with Gasteiger partial charge in [-0.15, -0.1) is 0 Å². The second kappa shape index (κ2) is 4.87. The maximum absolute atomic E-state index is 4.74. The van der Waals surface area contributed by atoms with Gasteiger partial charge in [0.05, 0.1) is 11.7 Å². The van der Waals surface area contributed by atoms with Gasteiger partial charge in [0.15, 0.2) is 0 Å². The molecule has 3 heteroatoms. The van der Waals surface area contributed by atoms with Crippen molar-refractivity contribution < 1.29 is 0 Å². The molecule has 112 valence electrons. The Labute approximate surface area is 123 Å². The zero-order valence-electron chi connectivity index (χ0n) is 13.4. The molecular formula is C17H29N3. The summed E-state index contributed by atoms with van der Waals surface area (Å²) in [4.78, 5) is 0. The molecule has 0 bridgehead atoms. The molecule has 0 atom stereocenters. The molecule has 0 aliphatic heterocycles. The van der Waals surface area contributed by atoms with Crippen LogP contribution in [0.1, 0.15) is 65.1 Å². The lowest BCUT2D eigenvalue weighted by molar-refractivity contribution is 0.457. The highest BCUT2D eigenvalue weighted by Crippen LogP contribution is 2.67. The number of hydrogen-bond acceptors (Lipinski definition) is 2. The highest BCUT2D eigenvalue weighted by Gasteiger charge is 2.63. The second-order valence-electron chi connectivity index (χ2n) is 7.85. The van der Waals surface area contributed by atoms with E-state index in [1.165, 1.54) is 31.4 Å². The van der Waals surface area contributed by atoms with Crippen LogP contribution in [0.4, 0.5) is 0 Å². The van der Waals surface area contributed by atoms with E-state index in [4.69, 9.17) is 5.10 Å². The van der Waals surface area contributed by atoms with Crippen molar-refractivity contribution >= 4 is 0 Å². The summed E-state index contributed by atoms with van der Waals surface area (Å²) in [6, 6.07) is 2.83. The summed E-state index contributed by atoms with van der Waals surface area (Å²) < 4.78 is 2.19. The fraction of sp³-hybridized carbons (Fsp3) is 0.824. The first-order chi connectivity index (χ1) is 9.43. The first-order valence-electron chi connectivity index (χ1n) is 8.17. The van der Waals surface area contributed by atoms with Crippen LogP contribution in [0, 0.1) is 16.7 Å². The van der Waals surface area contributed by atoms with Gasteiger partial charge >= 0.3 is 0 Å². The average molecular weight is 275 g/mol. The fourth-order valence-electron chi connectivity index (χ4n) is 4.03. The van der Waals surface area contributed by atoms with Gasteiger partial charge in [-0.05, 0) is 42.2 Å². The van der Waals surface area contributed by atoms with Crippen LogP contribution in [0.25, 0.3) is 0 Å². The molecule has 3 nitrogen and oxygen atoms in total. The van der Waals surface area contributed by atoms with Gasteiger partial charge in [0.25, 0.3) is 0 Å². The first kappa shape index (κ1) is 14.1. The van der Waals surface area contributed by atoms with E-state index in [-0.39, 0.29) is 0 Å². The van der Waals surface area contributed by atoms with E-state index >= 15 is 0 Å². The molecule has 0 radical (unpaired) electrons.